The molecule has 1 aliphatic heterocycles. The number of piperazine rings is 1. The van der Waals surface area contributed by atoms with Gasteiger partial charge in [-0.2, -0.15) is 4.98 Å². The van der Waals surface area contributed by atoms with Crippen LogP contribution in [-0.4, -0.2) is 77.9 Å². The fourth-order valence-corrected chi connectivity index (χ4v) is 5.25. The van der Waals surface area contributed by atoms with E-state index in [1.54, 1.807) is 44.4 Å². The van der Waals surface area contributed by atoms with E-state index in [-0.39, 0.29) is 11.8 Å². The summed E-state index contributed by atoms with van der Waals surface area (Å²) in [6, 6.07) is 14.4. The second-order valence-corrected chi connectivity index (χ2v) is 10.9. The summed E-state index contributed by atoms with van der Waals surface area (Å²) in [5, 5.41) is 9.54. The van der Waals surface area contributed by atoms with Gasteiger partial charge in [-0.3, -0.25) is 14.5 Å². The molecule has 0 unspecified atom stereocenters. The number of amides is 2. The Bertz CT molecular complexity index is 1590. The van der Waals surface area contributed by atoms with Crippen LogP contribution in [-0.2, 0) is 4.79 Å². The number of hydrogen-bond donors (Lipinski definition) is 3. The van der Waals surface area contributed by atoms with Crippen LogP contribution in [0.2, 0.25) is 0 Å². The van der Waals surface area contributed by atoms with E-state index in [1.807, 2.05) is 24.3 Å². The minimum absolute atomic E-state index is 0.0272. The Hall–Kier alpha value is -4.48. The van der Waals surface area contributed by atoms with Crippen molar-refractivity contribution in [3.05, 3.63) is 66.1 Å². The lowest BCUT2D eigenvalue weighted by atomic mass is 10.1. The van der Waals surface area contributed by atoms with Crippen molar-refractivity contribution in [1.29, 1.82) is 0 Å². The largest absolute Gasteiger partial charge is 0.460 e. The van der Waals surface area contributed by atoms with Gasteiger partial charge in [0, 0.05) is 74.9 Å². The number of nitrogens with one attached hydrogen (secondary N) is 3. The first kappa shape index (κ1) is 27.7. The van der Waals surface area contributed by atoms with Crippen molar-refractivity contribution in [2.75, 3.05) is 56.9 Å². The maximum Gasteiger partial charge on any atom is 0.255 e. The molecule has 1 saturated heterocycles. The van der Waals surface area contributed by atoms with Crippen LogP contribution in [0.4, 0.5) is 17.3 Å². The van der Waals surface area contributed by atoms with Crippen molar-refractivity contribution in [2.45, 2.75) is 19.8 Å². The molecule has 218 valence electrons. The zero-order valence-electron chi connectivity index (χ0n) is 23.9. The highest BCUT2D eigenvalue weighted by atomic mass is 16.5. The molecule has 3 heterocycles. The minimum atomic E-state index is -0.201. The Kier molecular flexibility index (Phi) is 8.02. The molecule has 1 saturated carbocycles. The molecule has 1 aliphatic carbocycles. The van der Waals surface area contributed by atoms with E-state index in [0.29, 0.717) is 52.1 Å². The van der Waals surface area contributed by atoms with Crippen molar-refractivity contribution in [2.24, 2.45) is 5.92 Å². The van der Waals surface area contributed by atoms with Gasteiger partial charge in [-0.25, -0.2) is 4.98 Å². The number of furan rings is 1. The van der Waals surface area contributed by atoms with E-state index in [1.165, 1.54) is 19.4 Å². The summed E-state index contributed by atoms with van der Waals surface area (Å²) in [7, 11) is 1.59. The standard InChI is InChI=1S/C31H35N7O4/c1-20-29(30(40)32-2)25-9-8-24(17-26(25)41-20)42-28-10-11-33-31(36-28)35-23-5-3-4-22(16-23)34-27(39)19-38-14-12-37(13-15-38)18-21-6-7-21/h3-5,8-11,16-17,21H,6-7,12-15,18-19H2,1-2H3,(H,32,40)(H,34,39)(H,33,35,36). The summed E-state index contributed by atoms with van der Waals surface area (Å²) in [6.45, 7) is 7.25. The topological polar surface area (TPSA) is 125 Å². The molecule has 2 aromatic carbocycles. The fraction of sp³-hybridized carbons (Fsp3) is 0.355. The molecular weight excluding hydrogens is 534 g/mol. The Morgan fingerprint density at radius 3 is 2.60 bits per heavy atom. The first-order chi connectivity index (χ1) is 20.4. The highest BCUT2D eigenvalue weighted by Gasteiger charge is 2.27. The number of anilines is 3. The van der Waals surface area contributed by atoms with Gasteiger partial charge in [0.05, 0.1) is 12.1 Å². The maximum atomic E-state index is 12.7. The van der Waals surface area contributed by atoms with E-state index in [0.717, 1.165) is 37.8 Å². The lowest BCUT2D eigenvalue weighted by molar-refractivity contribution is -0.117. The Morgan fingerprint density at radius 1 is 1.02 bits per heavy atom. The maximum absolute atomic E-state index is 12.7. The molecule has 0 bridgehead atoms. The summed E-state index contributed by atoms with van der Waals surface area (Å²) in [5.74, 6) is 2.40. The number of aromatic nitrogens is 2. The Balaban J connectivity index is 1.05. The molecule has 6 rings (SSSR count). The number of nitrogens with zero attached hydrogens (tertiary/aromatic N) is 4. The van der Waals surface area contributed by atoms with Gasteiger partial charge < -0.3 is 30.0 Å². The average Bonchev–Trinajstić information content (AvgIpc) is 3.73. The third kappa shape index (κ3) is 6.69. The van der Waals surface area contributed by atoms with Crippen LogP contribution in [0.3, 0.4) is 0 Å². The van der Waals surface area contributed by atoms with Crippen molar-refractivity contribution in [3.8, 4) is 11.6 Å². The van der Waals surface area contributed by atoms with Gasteiger partial charge in [0.25, 0.3) is 5.91 Å². The molecule has 2 amide bonds. The molecule has 11 nitrogen and oxygen atoms in total. The number of aryl methyl sites for hydroxylation is 1. The number of hydrogen-bond acceptors (Lipinski definition) is 9. The van der Waals surface area contributed by atoms with E-state index in [9.17, 15) is 9.59 Å². The van der Waals surface area contributed by atoms with Crippen LogP contribution >= 0.6 is 0 Å². The molecule has 3 N–H and O–H groups in total. The SMILES string of the molecule is CNC(=O)c1c(C)oc2cc(Oc3ccnc(Nc4cccc(NC(=O)CN5CCN(CC6CC6)CC5)c4)n3)ccc12. The summed E-state index contributed by atoms with van der Waals surface area (Å²) < 4.78 is 11.7. The molecule has 2 aliphatic rings. The normalized spacial score (nSPS) is 15.9. The van der Waals surface area contributed by atoms with Crippen molar-refractivity contribution < 1.29 is 18.7 Å². The van der Waals surface area contributed by atoms with E-state index >= 15 is 0 Å². The second kappa shape index (κ2) is 12.2. The lowest BCUT2D eigenvalue weighted by Gasteiger charge is -2.34. The third-order valence-corrected chi connectivity index (χ3v) is 7.59. The highest BCUT2D eigenvalue weighted by Crippen LogP contribution is 2.31. The van der Waals surface area contributed by atoms with Crippen LogP contribution in [0, 0.1) is 12.8 Å². The summed E-state index contributed by atoms with van der Waals surface area (Å²) in [5.41, 5.74) is 2.48. The molecular formula is C31H35N7O4. The molecule has 2 fully saturated rings. The number of carbonyl (C=O) groups is 2. The van der Waals surface area contributed by atoms with Gasteiger partial charge in [-0.15, -0.1) is 0 Å². The van der Waals surface area contributed by atoms with Gasteiger partial charge in [-0.05, 0) is 56.0 Å². The Morgan fingerprint density at radius 2 is 1.81 bits per heavy atom. The van der Waals surface area contributed by atoms with Crippen LogP contribution < -0.4 is 20.7 Å². The minimum Gasteiger partial charge on any atom is -0.460 e. The molecule has 2 aromatic heterocycles. The third-order valence-electron chi connectivity index (χ3n) is 7.59. The van der Waals surface area contributed by atoms with Gasteiger partial charge in [-0.1, -0.05) is 6.07 Å². The molecule has 42 heavy (non-hydrogen) atoms. The van der Waals surface area contributed by atoms with Gasteiger partial charge in [0.15, 0.2) is 0 Å². The zero-order valence-corrected chi connectivity index (χ0v) is 23.9. The van der Waals surface area contributed by atoms with Crippen molar-refractivity contribution in [3.63, 3.8) is 0 Å². The van der Waals surface area contributed by atoms with E-state index in [4.69, 9.17) is 9.15 Å². The molecule has 0 spiro atoms. The predicted octanol–water partition coefficient (Wildman–Crippen LogP) is 4.39. The van der Waals surface area contributed by atoms with E-state index in [2.05, 4.69) is 35.7 Å². The van der Waals surface area contributed by atoms with Gasteiger partial charge in [0.2, 0.25) is 17.7 Å². The number of benzene rings is 2. The number of fused-ring (bicyclic) bond motifs is 1. The predicted molar refractivity (Wildman–Crippen MR) is 160 cm³/mol. The van der Waals surface area contributed by atoms with Gasteiger partial charge >= 0.3 is 0 Å². The summed E-state index contributed by atoms with van der Waals surface area (Å²) in [4.78, 5) is 38.5. The first-order valence-corrected chi connectivity index (χ1v) is 14.3. The van der Waals surface area contributed by atoms with Crippen molar-refractivity contribution >= 4 is 40.1 Å². The quantitative estimate of drug-likeness (QED) is 0.255. The lowest BCUT2D eigenvalue weighted by Crippen LogP contribution is -2.49. The average molecular weight is 570 g/mol. The molecule has 11 heteroatoms. The van der Waals surface area contributed by atoms with E-state index < -0.39 is 0 Å². The number of carbonyl (C=O) groups excluding carboxylic acids is 2. The van der Waals surface area contributed by atoms with Crippen LogP contribution in [0.1, 0.15) is 29.0 Å². The highest BCUT2D eigenvalue weighted by molar-refractivity contribution is 6.07. The zero-order chi connectivity index (χ0) is 29.1. The monoisotopic (exact) mass is 569 g/mol. The van der Waals surface area contributed by atoms with Crippen molar-refractivity contribution in [1.82, 2.24) is 25.1 Å². The first-order valence-electron chi connectivity index (χ1n) is 14.3. The number of ether oxygens (including phenoxy) is 1. The van der Waals surface area contributed by atoms with Crippen LogP contribution in [0.15, 0.2) is 59.1 Å². The fourth-order valence-electron chi connectivity index (χ4n) is 5.25. The Labute approximate surface area is 244 Å². The molecule has 0 atom stereocenters. The van der Waals surface area contributed by atoms with Gasteiger partial charge in [0.1, 0.15) is 17.1 Å². The smallest absolute Gasteiger partial charge is 0.255 e. The van der Waals surface area contributed by atoms with Crippen LogP contribution in [0.5, 0.6) is 11.6 Å². The van der Waals surface area contributed by atoms with Crippen LogP contribution in [0.25, 0.3) is 11.0 Å². The second-order valence-electron chi connectivity index (χ2n) is 10.9. The summed E-state index contributed by atoms with van der Waals surface area (Å²) >= 11 is 0. The summed E-state index contributed by atoms with van der Waals surface area (Å²) in [6.07, 6.45) is 4.33. The number of rotatable bonds is 10. The molecule has 4 aromatic rings. The molecule has 0 radical (unpaired) electrons.